The van der Waals surface area contributed by atoms with Crippen LogP contribution in [0, 0.1) is 6.92 Å². The molecular formula is C23H25Cl2N3O3. The van der Waals surface area contributed by atoms with E-state index >= 15 is 0 Å². The molecule has 6 nitrogen and oxygen atoms in total. The fourth-order valence-corrected chi connectivity index (χ4v) is 3.68. The van der Waals surface area contributed by atoms with Gasteiger partial charge in [-0.05, 0) is 42.6 Å². The Labute approximate surface area is 190 Å². The van der Waals surface area contributed by atoms with E-state index in [1.165, 1.54) is 5.56 Å². The zero-order valence-corrected chi connectivity index (χ0v) is 18.7. The van der Waals surface area contributed by atoms with Crippen LogP contribution in [0.2, 0.25) is 10.0 Å². The van der Waals surface area contributed by atoms with Gasteiger partial charge in [0.15, 0.2) is 0 Å². The van der Waals surface area contributed by atoms with E-state index in [0.717, 1.165) is 23.3 Å². The maximum atomic E-state index is 11.8. The number of rotatable bonds is 3. The number of hydrogen-bond donors (Lipinski definition) is 2. The second kappa shape index (κ2) is 10.7. The monoisotopic (exact) mass is 461 g/mol. The van der Waals surface area contributed by atoms with Gasteiger partial charge in [-0.1, -0.05) is 40.9 Å². The highest BCUT2D eigenvalue weighted by atomic mass is 35.5. The highest BCUT2D eigenvalue weighted by Gasteiger charge is 2.23. The Morgan fingerprint density at radius 2 is 1.84 bits per heavy atom. The molecule has 3 aromatic rings. The van der Waals surface area contributed by atoms with Gasteiger partial charge in [0.2, 0.25) is 5.91 Å². The summed E-state index contributed by atoms with van der Waals surface area (Å²) in [5, 5.41) is 2.53. The van der Waals surface area contributed by atoms with Gasteiger partial charge in [0, 0.05) is 42.5 Å². The molecule has 3 N–H and O–H groups in total. The number of nitrogens with zero attached hydrogens (tertiary/aromatic N) is 1. The lowest BCUT2D eigenvalue weighted by molar-refractivity contribution is -0.131. The number of amides is 1. The molecule has 8 heteroatoms. The minimum atomic E-state index is -0.176. The number of carbonyl (C=O) groups is 1. The molecule has 1 amide bonds. The summed E-state index contributed by atoms with van der Waals surface area (Å²) < 4.78 is 5.98. The van der Waals surface area contributed by atoms with Crippen molar-refractivity contribution in [2.24, 2.45) is 5.73 Å². The first-order valence-electron chi connectivity index (χ1n) is 10.0. The molecule has 0 bridgehead atoms. The average molecular weight is 462 g/mol. The number of aromatic amines is 1. The van der Waals surface area contributed by atoms with E-state index in [2.05, 4.69) is 4.98 Å². The predicted octanol–water partition coefficient (Wildman–Crippen LogP) is 4.16. The van der Waals surface area contributed by atoms with Gasteiger partial charge in [0.05, 0.1) is 11.6 Å². The lowest BCUT2D eigenvalue weighted by Gasteiger charge is -2.32. The molecule has 1 aromatic heterocycles. The quantitative estimate of drug-likeness (QED) is 0.612. The van der Waals surface area contributed by atoms with E-state index in [-0.39, 0.29) is 24.1 Å². The number of benzene rings is 2. The standard InChI is InChI=1S/C16H18ClN3O3.C7H7Cl/c17-13-8-12-10(1-4-19-16(12)22)7-14(13)23-11-2-5-20(6-3-11)15(21)9-18;1-6-2-4-7(8)5-3-6/h1,4,7-8,11H,2-3,5-6,9,18H2,(H,19,22);2-5H,1H3. The molecule has 164 valence electrons. The summed E-state index contributed by atoms with van der Waals surface area (Å²) in [6.45, 7) is 3.34. The first kappa shape index (κ1) is 23.1. The Hall–Kier alpha value is -2.54. The van der Waals surface area contributed by atoms with Crippen LogP contribution in [-0.2, 0) is 4.79 Å². The molecule has 0 atom stereocenters. The third-order valence-electron chi connectivity index (χ3n) is 5.10. The summed E-state index contributed by atoms with van der Waals surface area (Å²) in [4.78, 5) is 27.7. The number of halogens is 2. The zero-order chi connectivity index (χ0) is 22.4. The molecule has 4 rings (SSSR count). The van der Waals surface area contributed by atoms with Crippen molar-refractivity contribution in [2.75, 3.05) is 19.6 Å². The molecule has 1 saturated heterocycles. The van der Waals surface area contributed by atoms with Crippen LogP contribution in [0.3, 0.4) is 0 Å². The van der Waals surface area contributed by atoms with Gasteiger partial charge in [0.1, 0.15) is 11.9 Å². The summed E-state index contributed by atoms with van der Waals surface area (Å²) in [5.41, 5.74) is 6.45. The first-order valence-corrected chi connectivity index (χ1v) is 10.8. The topological polar surface area (TPSA) is 88.4 Å². The van der Waals surface area contributed by atoms with Gasteiger partial charge in [-0.3, -0.25) is 9.59 Å². The molecule has 1 aliphatic rings. The minimum absolute atomic E-state index is 0.00577. The maximum Gasteiger partial charge on any atom is 0.255 e. The van der Waals surface area contributed by atoms with Gasteiger partial charge in [0.25, 0.3) is 5.56 Å². The molecule has 0 aliphatic carbocycles. The number of aryl methyl sites for hydroxylation is 1. The van der Waals surface area contributed by atoms with Gasteiger partial charge in [-0.15, -0.1) is 0 Å². The lowest BCUT2D eigenvalue weighted by atomic mass is 10.1. The third kappa shape index (κ3) is 6.23. The molecule has 0 radical (unpaired) electrons. The van der Waals surface area contributed by atoms with Crippen molar-refractivity contribution in [1.29, 1.82) is 0 Å². The number of ether oxygens (including phenoxy) is 1. The van der Waals surface area contributed by atoms with Crippen LogP contribution in [0.15, 0.2) is 53.5 Å². The van der Waals surface area contributed by atoms with Crippen molar-refractivity contribution >= 4 is 39.9 Å². The lowest BCUT2D eigenvalue weighted by Crippen LogP contribution is -2.44. The summed E-state index contributed by atoms with van der Waals surface area (Å²) in [6, 6.07) is 13.0. The number of likely N-dealkylation sites (tertiary alicyclic amines) is 1. The Kier molecular flexibility index (Phi) is 7.96. The van der Waals surface area contributed by atoms with E-state index in [1.54, 1.807) is 23.2 Å². The minimum Gasteiger partial charge on any atom is -0.489 e. The summed E-state index contributed by atoms with van der Waals surface area (Å²) in [5.74, 6) is 0.528. The number of hydrogen-bond acceptors (Lipinski definition) is 4. The van der Waals surface area contributed by atoms with Crippen LogP contribution in [-0.4, -0.2) is 41.5 Å². The van der Waals surface area contributed by atoms with Crippen molar-refractivity contribution in [3.63, 3.8) is 0 Å². The van der Waals surface area contributed by atoms with Crippen LogP contribution in [0.5, 0.6) is 5.75 Å². The first-order chi connectivity index (χ1) is 14.9. The SMILES string of the molecule is Cc1ccc(Cl)cc1.NCC(=O)N1CCC(Oc2cc3cc[nH]c(=O)c3cc2Cl)CC1. The summed E-state index contributed by atoms with van der Waals surface area (Å²) in [6.07, 6.45) is 3.05. The van der Waals surface area contributed by atoms with E-state index < -0.39 is 0 Å². The molecule has 2 aromatic carbocycles. The molecule has 2 heterocycles. The molecule has 1 fully saturated rings. The Morgan fingerprint density at radius 3 is 2.45 bits per heavy atom. The smallest absolute Gasteiger partial charge is 0.255 e. The highest BCUT2D eigenvalue weighted by molar-refractivity contribution is 6.32. The van der Waals surface area contributed by atoms with Crippen molar-refractivity contribution < 1.29 is 9.53 Å². The second-order valence-electron chi connectivity index (χ2n) is 7.37. The molecule has 0 unspecified atom stereocenters. The van der Waals surface area contributed by atoms with Gasteiger partial charge < -0.3 is 20.4 Å². The number of piperidine rings is 1. The zero-order valence-electron chi connectivity index (χ0n) is 17.2. The molecular weight excluding hydrogens is 437 g/mol. The Bertz CT molecular complexity index is 1070. The number of H-pyrrole nitrogens is 1. The molecule has 31 heavy (non-hydrogen) atoms. The third-order valence-corrected chi connectivity index (χ3v) is 5.65. The highest BCUT2D eigenvalue weighted by Crippen LogP contribution is 2.31. The van der Waals surface area contributed by atoms with Crippen LogP contribution < -0.4 is 16.0 Å². The molecule has 0 saturated carbocycles. The summed E-state index contributed by atoms with van der Waals surface area (Å²) in [7, 11) is 0. The normalized spacial score (nSPS) is 14.1. The van der Waals surface area contributed by atoms with E-state index in [1.807, 2.05) is 37.3 Å². The average Bonchev–Trinajstić information content (AvgIpc) is 2.77. The van der Waals surface area contributed by atoms with Crippen LogP contribution in [0.4, 0.5) is 0 Å². The van der Waals surface area contributed by atoms with Crippen molar-refractivity contribution in [3.05, 3.63) is 74.6 Å². The Balaban J connectivity index is 0.000000287. The van der Waals surface area contributed by atoms with Gasteiger partial charge >= 0.3 is 0 Å². The van der Waals surface area contributed by atoms with Crippen LogP contribution in [0.25, 0.3) is 10.8 Å². The fourth-order valence-electron chi connectivity index (χ4n) is 3.34. The number of pyridine rings is 1. The fraction of sp³-hybridized carbons (Fsp3) is 0.304. The predicted molar refractivity (Wildman–Crippen MR) is 125 cm³/mol. The maximum absolute atomic E-state index is 11.8. The second-order valence-corrected chi connectivity index (χ2v) is 8.22. The van der Waals surface area contributed by atoms with Crippen molar-refractivity contribution in [3.8, 4) is 5.75 Å². The van der Waals surface area contributed by atoms with Crippen LogP contribution >= 0.6 is 23.2 Å². The van der Waals surface area contributed by atoms with Crippen molar-refractivity contribution in [1.82, 2.24) is 9.88 Å². The van der Waals surface area contributed by atoms with Gasteiger partial charge in [-0.2, -0.15) is 0 Å². The largest absolute Gasteiger partial charge is 0.489 e. The van der Waals surface area contributed by atoms with Crippen LogP contribution in [0.1, 0.15) is 18.4 Å². The molecule has 1 aliphatic heterocycles. The number of nitrogens with one attached hydrogen (secondary N) is 1. The van der Waals surface area contributed by atoms with Gasteiger partial charge in [-0.25, -0.2) is 0 Å². The number of carbonyl (C=O) groups excluding carboxylic acids is 1. The van der Waals surface area contributed by atoms with E-state index in [0.29, 0.717) is 29.2 Å². The molecule has 0 spiro atoms. The summed E-state index contributed by atoms with van der Waals surface area (Å²) >= 11 is 11.8. The van der Waals surface area contributed by atoms with E-state index in [9.17, 15) is 9.59 Å². The van der Waals surface area contributed by atoms with E-state index in [4.69, 9.17) is 33.7 Å². The van der Waals surface area contributed by atoms with Crippen molar-refractivity contribution in [2.45, 2.75) is 25.9 Å². The number of nitrogens with two attached hydrogens (primary N) is 1. The Morgan fingerprint density at radius 1 is 1.16 bits per heavy atom. The number of aromatic nitrogens is 1. The number of fused-ring (bicyclic) bond motifs is 1.